The Morgan fingerprint density at radius 2 is 1.19 bits per heavy atom. The molecule has 0 bridgehead atoms. The van der Waals surface area contributed by atoms with E-state index in [1.807, 2.05) is 37.1 Å². The Kier molecular flexibility index (Phi) is 18.4. The fraction of sp³-hybridized carbons (Fsp3) is 0.560. The molecule has 0 aliphatic heterocycles. The van der Waals surface area contributed by atoms with E-state index < -0.39 is 10.1 Å². The fourth-order valence-electron chi connectivity index (χ4n) is 3.59. The van der Waals surface area contributed by atoms with Gasteiger partial charge in [-0.3, -0.25) is 4.18 Å². The van der Waals surface area contributed by atoms with E-state index >= 15 is 0 Å². The van der Waals surface area contributed by atoms with E-state index in [2.05, 4.69) is 6.92 Å². The van der Waals surface area contributed by atoms with Gasteiger partial charge < -0.3 is 4.79 Å². The zero-order valence-electron chi connectivity index (χ0n) is 18.5. The zero-order valence-corrected chi connectivity index (χ0v) is 19.3. The van der Waals surface area contributed by atoms with E-state index in [-0.39, 0.29) is 41.1 Å². The monoisotopic (exact) mass is 458 g/mol. The van der Waals surface area contributed by atoms with E-state index in [4.69, 9.17) is 8.98 Å². The number of hydrogen-bond acceptors (Lipinski definition) is 4. The Morgan fingerprint density at radius 1 is 0.710 bits per heavy atom. The van der Waals surface area contributed by atoms with Gasteiger partial charge in [0.1, 0.15) is 11.7 Å². The molecule has 0 saturated heterocycles. The van der Waals surface area contributed by atoms with Gasteiger partial charge >= 0.3 is 29.6 Å². The minimum atomic E-state index is -3.70. The van der Waals surface area contributed by atoms with Crippen LogP contribution >= 0.6 is 0 Å². The Balaban J connectivity index is 0.00000291. The van der Waals surface area contributed by atoms with Crippen molar-refractivity contribution in [3.63, 3.8) is 0 Å². The molecule has 2 aromatic carbocycles. The van der Waals surface area contributed by atoms with Crippen LogP contribution in [0.3, 0.4) is 0 Å². The van der Waals surface area contributed by atoms with Crippen molar-refractivity contribution in [3.05, 3.63) is 42.5 Å². The van der Waals surface area contributed by atoms with Crippen molar-refractivity contribution in [1.29, 1.82) is 0 Å². The molecule has 0 unspecified atom stereocenters. The van der Waals surface area contributed by atoms with Gasteiger partial charge in [0.2, 0.25) is 0 Å². The van der Waals surface area contributed by atoms with Gasteiger partial charge in [-0.1, -0.05) is 114 Å². The van der Waals surface area contributed by atoms with Crippen LogP contribution in [0.15, 0.2) is 47.4 Å². The molecule has 0 fully saturated rings. The number of unbranched alkanes of at least 4 members (excludes halogenated alkanes) is 11. The van der Waals surface area contributed by atoms with Gasteiger partial charge in [0.25, 0.3) is 10.1 Å². The second-order valence-corrected chi connectivity index (χ2v) is 9.23. The molecule has 2 rings (SSSR count). The molecule has 0 aliphatic rings. The number of carbonyl (C=O) groups is 1. The van der Waals surface area contributed by atoms with Crippen LogP contribution in [0, 0.1) is 0 Å². The van der Waals surface area contributed by atoms with Crippen molar-refractivity contribution in [1.82, 2.24) is 0 Å². The summed E-state index contributed by atoms with van der Waals surface area (Å²) >= 11 is 0. The summed E-state index contributed by atoms with van der Waals surface area (Å²) in [5.41, 5.74) is 0. The Labute approximate surface area is 211 Å². The summed E-state index contributed by atoms with van der Waals surface area (Å²) in [6.07, 6.45) is 15.0. The third-order valence-corrected chi connectivity index (χ3v) is 6.63. The maximum absolute atomic E-state index is 12.5. The average molecular weight is 459 g/mol. The molecule has 0 aliphatic carbocycles. The summed E-state index contributed by atoms with van der Waals surface area (Å²) in [5.74, 6) is 0. The molecule has 0 N–H and O–H groups in total. The summed E-state index contributed by atoms with van der Waals surface area (Å²) in [6.45, 7) is 4.52. The van der Waals surface area contributed by atoms with E-state index in [1.54, 1.807) is 12.1 Å². The van der Waals surface area contributed by atoms with Crippen molar-refractivity contribution in [2.45, 2.75) is 88.9 Å². The van der Waals surface area contributed by atoms with Crippen LogP contribution in [-0.2, 0) is 19.1 Å². The molecule has 0 aromatic heterocycles. The number of rotatable bonds is 15. The van der Waals surface area contributed by atoms with E-state index in [1.165, 1.54) is 57.8 Å². The van der Waals surface area contributed by atoms with Gasteiger partial charge in [-0.05, 0) is 17.9 Å². The van der Waals surface area contributed by atoms with Crippen molar-refractivity contribution in [2.75, 3.05) is 6.61 Å². The van der Waals surface area contributed by atoms with Crippen LogP contribution in [0.1, 0.15) is 84.0 Å². The topological polar surface area (TPSA) is 60.4 Å². The predicted octanol–water partition coefficient (Wildman–Crippen LogP) is 6.41. The van der Waals surface area contributed by atoms with E-state index in [0.29, 0.717) is 0 Å². The van der Waals surface area contributed by atoms with E-state index in [0.717, 1.165) is 30.0 Å². The van der Waals surface area contributed by atoms with Crippen LogP contribution in [0.25, 0.3) is 10.8 Å². The molecule has 0 spiro atoms. The molecule has 170 valence electrons. The van der Waals surface area contributed by atoms with Crippen molar-refractivity contribution in [3.8, 4) is 0 Å². The molecule has 0 radical (unpaired) electrons. The second kappa shape index (κ2) is 18.8. The fourth-order valence-corrected chi connectivity index (χ4v) is 4.75. The molecule has 31 heavy (non-hydrogen) atoms. The first-order valence-corrected chi connectivity index (χ1v) is 12.7. The first-order valence-electron chi connectivity index (χ1n) is 11.3. The van der Waals surface area contributed by atoms with Crippen LogP contribution in [-0.4, -0.2) is 51.4 Å². The first-order chi connectivity index (χ1) is 14.6. The minimum absolute atomic E-state index is 0. The van der Waals surface area contributed by atoms with Gasteiger partial charge in [-0.25, -0.2) is 0 Å². The molecule has 0 amide bonds. The molecule has 0 saturated carbocycles. The summed E-state index contributed by atoms with van der Waals surface area (Å²) in [6, 6.07) is 12.8. The number of benzene rings is 2. The molecular weight excluding hydrogens is 419 g/mol. The summed E-state index contributed by atoms with van der Waals surface area (Å²) in [4.78, 5) is 8.27. The molecule has 0 heterocycles. The number of hydrogen-bond donors (Lipinski definition) is 0. The third kappa shape index (κ3) is 12.2. The predicted molar refractivity (Wildman–Crippen MR) is 132 cm³/mol. The van der Waals surface area contributed by atoms with Gasteiger partial charge in [0.15, 0.2) is 0 Å². The van der Waals surface area contributed by atoms with Gasteiger partial charge in [-0.15, -0.1) is 0 Å². The molecular formula is C25H39NaO4S. The van der Waals surface area contributed by atoms with Crippen molar-refractivity contribution >= 4 is 57.2 Å². The molecule has 4 nitrogen and oxygen atoms in total. The van der Waals surface area contributed by atoms with Gasteiger partial charge in [0, 0.05) is 5.39 Å². The molecule has 6 heteroatoms. The number of fused-ring (bicyclic) bond motifs is 1. The zero-order chi connectivity index (χ0) is 22.1. The van der Waals surface area contributed by atoms with Crippen LogP contribution < -0.4 is 0 Å². The van der Waals surface area contributed by atoms with Crippen LogP contribution in [0.5, 0.6) is 0 Å². The molecule has 0 atom stereocenters. The summed E-state index contributed by atoms with van der Waals surface area (Å²) in [7, 11) is -3.70. The van der Waals surface area contributed by atoms with Crippen molar-refractivity contribution in [2.24, 2.45) is 0 Å². The Morgan fingerprint density at radius 3 is 1.77 bits per heavy atom. The Bertz CT molecular complexity index is 803. The normalized spacial score (nSPS) is 10.9. The Hall–Kier alpha value is -0.720. The molecule has 2 aromatic rings. The average Bonchev–Trinajstić information content (AvgIpc) is 2.78. The van der Waals surface area contributed by atoms with Crippen LogP contribution in [0.4, 0.5) is 0 Å². The quantitative estimate of drug-likeness (QED) is 0.176. The second-order valence-electron chi connectivity index (χ2n) is 7.64. The van der Waals surface area contributed by atoms with Crippen LogP contribution in [0.2, 0.25) is 0 Å². The first kappa shape index (κ1) is 30.3. The van der Waals surface area contributed by atoms with Gasteiger partial charge in [0.05, 0.1) is 6.61 Å². The summed E-state index contributed by atoms with van der Waals surface area (Å²) < 4.78 is 30.3. The maximum atomic E-state index is 12.5. The summed E-state index contributed by atoms with van der Waals surface area (Å²) in [5, 5.41) is 1.64. The van der Waals surface area contributed by atoms with Gasteiger partial charge in [-0.2, -0.15) is 8.42 Å². The van der Waals surface area contributed by atoms with E-state index in [9.17, 15) is 8.42 Å². The SMILES string of the molecule is C=O.CCCCCCCCCCCCCCOS(=O)(=O)c1cccc2ccccc12.[NaH]. The van der Waals surface area contributed by atoms with Crippen molar-refractivity contribution < 1.29 is 17.4 Å². The number of carbonyl (C=O) groups excluding carboxylic acids is 1. The standard InChI is InChI=1S/C24H36O3S.CH2O.Na.H/c1-2-3-4-5-6-7-8-9-10-11-12-15-21-27-28(25,26)24-20-16-18-22-17-13-14-19-23(22)24;1-2;;/h13-14,16-20H,2-12,15,21H2,1H3;1H2;;. The third-order valence-electron chi connectivity index (χ3n) is 5.26.